The van der Waals surface area contributed by atoms with E-state index in [2.05, 4.69) is 5.32 Å². The van der Waals surface area contributed by atoms with Crippen molar-refractivity contribution in [1.29, 1.82) is 0 Å². The summed E-state index contributed by atoms with van der Waals surface area (Å²) in [5.41, 5.74) is 2.53. The largest absolute Gasteiger partial charge is 0.469 e. The number of benzene rings is 1. The predicted octanol–water partition coefficient (Wildman–Crippen LogP) is 3.32. The van der Waals surface area contributed by atoms with E-state index in [0.29, 0.717) is 11.3 Å². The molecule has 0 aliphatic heterocycles. The summed E-state index contributed by atoms with van der Waals surface area (Å²) in [5, 5.41) is 2.88. The first-order valence-corrected chi connectivity index (χ1v) is 7.58. The molecule has 5 heteroatoms. The molecule has 0 saturated carbocycles. The number of carbonyl (C=O) groups excluding carboxylic acids is 2. The maximum atomic E-state index is 12.0. The molecule has 0 radical (unpaired) electrons. The Balaban J connectivity index is 1.89. The summed E-state index contributed by atoms with van der Waals surface area (Å²) in [7, 11) is 0. The molecular weight excluding hydrogens is 294 g/mol. The molecule has 1 aromatic heterocycles. The first-order chi connectivity index (χ1) is 11.0. The molecule has 0 bridgehead atoms. The van der Waals surface area contributed by atoms with E-state index in [1.54, 1.807) is 6.92 Å². The Kier molecular flexibility index (Phi) is 5.57. The van der Waals surface area contributed by atoms with Gasteiger partial charge in [-0.2, -0.15) is 0 Å². The van der Waals surface area contributed by atoms with Gasteiger partial charge in [0.15, 0.2) is 6.61 Å². The van der Waals surface area contributed by atoms with Crippen LogP contribution in [0.1, 0.15) is 46.6 Å². The van der Waals surface area contributed by atoms with Gasteiger partial charge >= 0.3 is 5.97 Å². The number of ether oxygens (including phenoxy) is 1. The van der Waals surface area contributed by atoms with Crippen LogP contribution in [0.25, 0.3) is 0 Å². The summed E-state index contributed by atoms with van der Waals surface area (Å²) in [6.07, 6.45) is 2.17. The third-order valence-electron chi connectivity index (χ3n) is 3.64. The van der Waals surface area contributed by atoms with Crippen LogP contribution in [0.4, 0.5) is 0 Å². The van der Waals surface area contributed by atoms with Gasteiger partial charge < -0.3 is 14.5 Å². The molecule has 0 aliphatic rings. The summed E-state index contributed by atoms with van der Waals surface area (Å²) in [4.78, 5) is 23.8. The van der Waals surface area contributed by atoms with E-state index >= 15 is 0 Å². The Labute approximate surface area is 135 Å². The van der Waals surface area contributed by atoms with Crippen molar-refractivity contribution in [2.45, 2.75) is 33.2 Å². The van der Waals surface area contributed by atoms with Gasteiger partial charge in [0.1, 0.15) is 11.3 Å². The molecule has 1 aromatic carbocycles. The van der Waals surface area contributed by atoms with Crippen molar-refractivity contribution in [3.63, 3.8) is 0 Å². The minimum absolute atomic E-state index is 0.0996. The topological polar surface area (TPSA) is 68.5 Å². The standard InChI is InChI=1S/C18H21NO4/c1-4-16(14-7-5-12(2)6-8-14)19-17(20)11-23-18(21)15-9-10-22-13(15)3/h5-10,16H,4,11H2,1-3H3,(H,19,20)/t16-/m0/s1. The average molecular weight is 315 g/mol. The molecule has 1 atom stereocenters. The van der Waals surface area contributed by atoms with E-state index in [0.717, 1.165) is 12.0 Å². The van der Waals surface area contributed by atoms with Gasteiger partial charge in [0.05, 0.1) is 12.3 Å². The first kappa shape index (κ1) is 16.8. The summed E-state index contributed by atoms with van der Waals surface area (Å²) in [6.45, 7) is 5.36. The van der Waals surface area contributed by atoms with Gasteiger partial charge in [0.2, 0.25) is 0 Å². The fourth-order valence-corrected chi connectivity index (χ4v) is 2.26. The number of nitrogens with one attached hydrogen (secondary N) is 1. The lowest BCUT2D eigenvalue weighted by Crippen LogP contribution is -2.32. The number of aryl methyl sites for hydroxylation is 2. The summed E-state index contributed by atoms with van der Waals surface area (Å²) in [5.74, 6) is -0.414. The van der Waals surface area contributed by atoms with Crippen molar-refractivity contribution in [2.24, 2.45) is 0 Å². The highest BCUT2D eigenvalue weighted by molar-refractivity contribution is 5.92. The van der Waals surface area contributed by atoms with E-state index in [-0.39, 0.29) is 18.6 Å². The Hall–Kier alpha value is -2.56. The van der Waals surface area contributed by atoms with E-state index in [9.17, 15) is 9.59 Å². The number of hydrogen-bond donors (Lipinski definition) is 1. The SMILES string of the molecule is CC[C@H](NC(=O)COC(=O)c1ccoc1C)c1ccc(C)cc1. The molecule has 23 heavy (non-hydrogen) atoms. The number of rotatable bonds is 6. The first-order valence-electron chi connectivity index (χ1n) is 7.58. The normalized spacial score (nSPS) is 11.8. The highest BCUT2D eigenvalue weighted by Crippen LogP contribution is 2.17. The zero-order valence-corrected chi connectivity index (χ0v) is 13.6. The monoisotopic (exact) mass is 315 g/mol. The van der Waals surface area contributed by atoms with Gasteiger partial charge in [-0.25, -0.2) is 4.79 Å². The molecule has 0 fully saturated rings. The lowest BCUT2D eigenvalue weighted by atomic mass is 10.0. The van der Waals surface area contributed by atoms with E-state index in [1.807, 2.05) is 38.1 Å². The molecule has 1 N–H and O–H groups in total. The zero-order chi connectivity index (χ0) is 16.8. The molecule has 1 amide bonds. The molecule has 0 spiro atoms. The van der Waals surface area contributed by atoms with Crippen LogP contribution < -0.4 is 5.32 Å². The quantitative estimate of drug-likeness (QED) is 0.830. The number of esters is 1. The molecule has 0 unspecified atom stereocenters. The highest BCUT2D eigenvalue weighted by Gasteiger charge is 2.17. The van der Waals surface area contributed by atoms with Crippen LogP contribution in [0.2, 0.25) is 0 Å². The summed E-state index contributed by atoms with van der Waals surface area (Å²) in [6, 6.07) is 9.42. The van der Waals surface area contributed by atoms with Crippen LogP contribution in [0, 0.1) is 13.8 Å². The third-order valence-corrected chi connectivity index (χ3v) is 3.64. The minimum Gasteiger partial charge on any atom is -0.469 e. The number of furan rings is 1. The Morgan fingerprint density at radius 2 is 1.87 bits per heavy atom. The summed E-state index contributed by atoms with van der Waals surface area (Å²) < 4.78 is 10.1. The van der Waals surface area contributed by atoms with Crippen molar-refractivity contribution < 1.29 is 18.7 Å². The van der Waals surface area contributed by atoms with Gasteiger partial charge in [0, 0.05) is 0 Å². The van der Waals surface area contributed by atoms with Crippen LogP contribution in [0.5, 0.6) is 0 Å². The van der Waals surface area contributed by atoms with E-state index < -0.39 is 5.97 Å². The maximum Gasteiger partial charge on any atom is 0.342 e. The van der Waals surface area contributed by atoms with Gasteiger partial charge in [-0.05, 0) is 31.9 Å². The van der Waals surface area contributed by atoms with Gasteiger partial charge in [-0.3, -0.25) is 4.79 Å². The van der Waals surface area contributed by atoms with E-state index in [4.69, 9.17) is 9.15 Å². The fraction of sp³-hybridized carbons (Fsp3) is 0.333. The molecule has 2 rings (SSSR count). The van der Waals surface area contributed by atoms with Gasteiger partial charge in [-0.15, -0.1) is 0 Å². The maximum absolute atomic E-state index is 12.0. The molecule has 0 saturated heterocycles. The molecule has 2 aromatic rings. The Bertz CT molecular complexity index is 673. The van der Waals surface area contributed by atoms with E-state index in [1.165, 1.54) is 17.9 Å². The Morgan fingerprint density at radius 3 is 2.43 bits per heavy atom. The average Bonchev–Trinajstić information content (AvgIpc) is 2.97. The third kappa shape index (κ3) is 4.45. The highest BCUT2D eigenvalue weighted by atomic mass is 16.5. The van der Waals surface area contributed by atoms with Crippen LogP contribution in [0.15, 0.2) is 41.0 Å². The van der Waals surface area contributed by atoms with Gasteiger partial charge in [-0.1, -0.05) is 36.8 Å². The lowest BCUT2D eigenvalue weighted by Gasteiger charge is -2.17. The second-order valence-corrected chi connectivity index (χ2v) is 5.41. The van der Waals surface area contributed by atoms with Crippen molar-refractivity contribution in [3.8, 4) is 0 Å². The number of amides is 1. The lowest BCUT2D eigenvalue weighted by molar-refractivity contribution is -0.125. The van der Waals surface area contributed by atoms with Crippen molar-refractivity contribution in [3.05, 3.63) is 59.0 Å². The molecule has 0 aliphatic carbocycles. The smallest absolute Gasteiger partial charge is 0.342 e. The molecular formula is C18H21NO4. The minimum atomic E-state index is -0.560. The number of carbonyl (C=O) groups is 2. The van der Waals surface area contributed by atoms with Crippen molar-refractivity contribution >= 4 is 11.9 Å². The Morgan fingerprint density at radius 1 is 1.17 bits per heavy atom. The summed E-state index contributed by atoms with van der Waals surface area (Å²) >= 11 is 0. The predicted molar refractivity (Wildman–Crippen MR) is 86.1 cm³/mol. The van der Waals surface area contributed by atoms with Crippen molar-refractivity contribution in [2.75, 3.05) is 6.61 Å². The molecule has 5 nitrogen and oxygen atoms in total. The van der Waals surface area contributed by atoms with Crippen LogP contribution in [-0.4, -0.2) is 18.5 Å². The zero-order valence-electron chi connectivity index (χ0n) is 13.6. The molecule has 1 heterocycles. The van der Waals surface area contributed by atoms with Crippen molar-refractivity contribution in [1.82, 2.24) is 5.32 Å². The second kappa shape index (κ2) is 7.63. The fourth-order valence-electron chi connectivity index (χ4n) is 2.26. The second-order valence-electron chi connectivity index (χ2n) is 5.41. The van der Waals surface area contributed by atoms with Crippen LogP contribution in [-0.2, 0) is 9.53 Å². The molecule has 122 valence electrons. The van der Waals surface area contributed by atoms with Gasteiger partial charge in [0.25, 0.3) is 5.91 Å². The number of hydrogen-bond acceptors (Lipinski definition) is 4. The van der Waals surface area contributed by atoms with Crippen LogP contribution in [0.3, 0.4) is 0 Å². The van der Waals surface area contributed by atoms with Crippen LogP contribution >= 0.6 is 0 Å².